The first-order valence-corrected chi connectivity index (χ1v) is 9.40. The van der Waals surface area contributed by atoms with E-state index in [0.717, 1.165) is 18.2 Å². The van der Waals surface area contributed by atoms with Gasteiger partial charge >= 0.3 is 6.09 Å². The number of non-ortho nitro benzene ring substituents is 1. The van der Waals surface area contributed by atoms with Gasteiger partial charge in [-0.3, -0.25) is 15.4 Å². The standard InChI is InChI=1S/C17H20FN3O5S/c1-16(2,3)26-15(22)19-14-20-17(10(9-27-14)6-7-25-17)12-8-11(21(23)24)4-5-13(12)18/h4-5,8,10H,6-7,9H2,1-3H3,(H,19,20,22)/t10-,17+/m1/s1. The van der Waals surface area contributed by atoms with Crippen molar-refractivity contribution in [3.8, 4) is 0 Å². The minimum atomic E-state index is -1.40. The fraction of sp³-hybridized carbons (Fsp3) is 0.529. The predicted octanol–water partition coefficient (Wildman–Crippen LogP) is 3.55. The number of thioether (sulfide) groups is 1. The summed E-state index contributed by atoms with van der Waals surface area (Å²) in [6.07, 6.45) is -0.0434. The molecule has 0 aromatic heterocycles. The molecule has 0 bridgehead atoms. The van der Waals surface area contributed by atoms with Crippen LogP contribution in [-0.2, 0) is 15.2 Å². The molecule has 1 amide bonds. The first-order chi connectivity index (χ1) is 12.6. The van der Waals surface area contributed by atoms with Gasteiger partial charge in [-0.15, -0.1) is 0 Å². The summed E-state index contributed by atoms with van der Waals surface area (Å²) in [5.41, 5.74) is -2.32. The molecule has 1 N–H and O–H groups in total. The zero-order valence-electron chi connectivity index (χ0n) is 15.2. The van der Waals surface area contributed by atoms with Crippen LogP contribution >= 0.6 is 11.8 Å². The number of hydrogen-bond acceptors (Lipinski definition) is 7. The number of amidine groups is 1. The number of benzene rings is 1. The fourth-order valence-electron chi connectivity index (χ4n) is 3.07. The summed E-state index contributed by atoms with van der Waals surface area (Å²) in [7, 11) is 0. The number of fused-ring (bicyclic) bond motifs is 1. The molecule has 146 valence electrons. The highest BCUT2D eigenvalue weighted by Gasteiger charge is 2.50. The number of aliphatic imine (C=N–C) groups is 1. The average molecular weight is 397 g/mol. The molecule has 10 heteroatoms. The van der Waals surface area contributed by atoms with Crippen LogP contribution in [0.1, 0.15) is 32.8 Å². The van der Waals surface area contributed by atoms with Gasteiger partial charge in [-0.2, -0.15) is 0 Å². The average Bonchev–Trinajstić information content (AvgIpc) is 2.97. The van der Waals surface area contributed by atoms with E-state index in [1.165, 1.54) is 11.8 Å². The molecule has 2 aliphatic rings. The molecule has 3 rings (SSSR count). The van der Waals surface area contributed by atoms with Crippen LogP contribution < -0.4 is 5.32 Å². The Morgan fingerprint density at radius 3 is 2.93 bits per heavy atom. The molecule has 1 aromatic carbocycles. The third-order valence-corrected chi connectivity index (χ3v) is 5.22. The first kappa shape index (κ1) is 19.6. The SMILES string of the molecule is CC(C)(C)OC(=O)NC1=N[C@]2(c3cc([N+](=O)[O-])ccc3F)OCC[C@@H]2CS1. The third kappa shape index (κ3) is 4.06. The van der Waals surface area contributed by atoms with Gasteiger partial charge in [0.25, 0.3) is 5.69 Å². The van der Waals surface area contributed by atoms with E-state index < -0.39 is 28.2 Å². The number of alkyl carbamates (subject to hydrolysis) is 1. The molecule has 8 nitrogen and oxygen atoms in total. The number of nitro benzene ring substituents is 1. The van der Waals surface area contributed by atoms with Gasteiger partial charge < -0.3 is 9.47 Å². The van der Waals surface area contributed by atoms with Crippen LogP contribution in [0.5, 0.6) is 0 Å². The third-order valence-electron chi connectivity index (χ3n) is 4.19. The Bertz CT molecular complexity index is 810. The zero-order chi connectivity index (χ0) is 19.8. The normalized spacial score (nSPS) is 24.7. The number of hydrogen-bond donors (Lipinski definition) is 1. The van der Waals surface area contributed by atoms with Gasteiger partial charge in [0.15, 0.2) is 10.9 Å². The molecule has 27 heavy (non-hydrogen) atoms. The summed E-state index contributed by atoms with van der Waals surface area (Å²) < 4.78 is 25.6. The highest BCUT2D eigenvalue weighted by molar-refractivity contribution is 8.13. The van der Waals surface area contributed by atoms with E-state index in [-0.39, 0.29) is 22.3 Å². The number of carbonyl (C=O) groups is 1. The topological polar surface area (TPSA) is 103 Å². The van der Waals surface area contributed by atoms with Crippen LogP contribution in [0.25, 0.3) is 0 Å². The van der Waals surface area contributed by atoms with E-state index >= 15 is 0 Å². The van der Waals surface area contributed by atoms with Crippen LogP contribution in [0, 0.1) is 21.8 Å². The molecule has 0 aliphatic carbocycles. The van der Waals surface area contributed by atoms with Crippen molar-refractivity contribution in [3.63, 3.8) is 0 Å². The maximum Gasteiger partial charge on any atom is 0.413 e. The lowest BCUT2D eigenvalue weighted by Gasteiger charge is -2.35. The van der Waals surface area contributed by atoms with Gasteiger partial charge in [0.1, 0.15) is 11.4 Å². The van der Waals surface area contributed by atoms with Crippen molar-refractivity contribution < 1.29 is 23.6 Å². The first-order valence-electron chi connectivity index (χ1n) is 8.42. The zero-order valence-corrected chi connectivity index (χ0v) is 16.0. The quantitative estimate of drug-likeness (QED) is 0.605. The highest BCUT2D eigenvalue weighted by Crippen LogP contribution is 2.48. The summed E-state index contributed by atoms with van der Waals surface area (Å²) in [4.78, 5) is 27.0. The smallest absolute Gasteiger partial charge is 0.413 e. The number of halogens is 1. The highest BCUT2D eigenvalue weighted by atomic mass is 32.2. The summed E-state index contributed by atoms with van der Waals surface area (Å²) in [6, 6.07) is 3.29. The summed E-state index contributed by atoms with van der Waals surface area (Å²) in [5, 5.41) is 13.9. The number of amides is 1. The van der Waals surface area contributed by atoms with Gasteiger partial charge in [-0.05, 0) is 33.3 Å². The van der Waals surface area contributed by atoms with Gasteiger partial charge in [0.05, 0.1) is 11.5 Å². The van der Waals surface area contributed by atoms with Gasteiger partial charge in [0.2, 0.25) is 0 Å². The van der Waals surface area contributed by atoms with Crippen molar-refractivity contribution in [1.29, 1.82) is 0 Å². The Morgan fingerprint density at radius 1 is 1.52 bits per heavy atom. The van der Waals surface area contributed by atoms with E-state index in [4.69, 9.17) is 9.47 Å². The van der Waals surface area contributed by atoms with Crippen LogP contribution in [0.15, 0.2) is 23.2 Å². The molecule has 1 aromatic rings. The van der Waals surface area contributed by atoms with Crippen LogP contribution in [0.4, 0.5) is 14.9 Å². The molecular formula is C17H20FN3O5S. The summed E-state index contributed by atoms with van der Waals surface area (Å²) >= 11 is 1.31. The van der Waals surface area contributed by atoms with Crippen molar-refractivity contribution in [3.05, 3.63) is 39.7 Å². The Kier molecular flexibility index (Phi) is 5.13. The summed E-state index contributed by atoms with van der Waals surface area (Å²) in [6.45, 7) is 5.55. The molecule has 0 spiro atoms. The summed E-state index contributed by atoms with van der Waals surface area (Å²) in [5.74, 6) is -0.278. The van der Waals surface area contributed by atoms with E-state index in [1.54, 1.807) is 20.8 Å². The molecule has 2 atom stereocenters. The lowest BCUT2D eigenvalue weighted by Crippen LogP contribution is -2.42. The lowest BCUT2D eigenvalue weighted by molar-refractivity contribution is -0.385. The van der Waals surface area contributed by atoms with Crippen molar-refractivity contribution in [2.24, 2.45) is 10.9 Å². The molecular weight excluding hydrogens is 377 g/mol. The van der Waals surface area contributed by atoms with Crippen LogP contribution in [0.3, 0.4) is 0 Å². The lowest BCUT2D eigenvalue weighted by atomic mass is 9.89. The number of ether oxygens (including phenoxy) is 2. The van der Waals surface area contributed by atoms with Crippen molar-refractivity contribution in [1.82, 2.24) is 5.32 Å². The van der Waals surface area contributed by atoms with Crippen molar-refractivity contribution >= 4 is 28.7 Å². The van der Waals surface area contributed by atoms with Gasteiger partial charge in [-0.25, -0.2) is 14.2 Å². The Morgan fingerprint density at radius 2 is 2.26 bits per heavy atom. The monoisotopic (exact) mass is 397 g/mol. The number of rotatable bonds is 2. The second-order valence-electron chi connectivity index (χ2n) is 7.31. The molecule has 1 fully saturated rings. The number of nitrogens with one attached hydrogen (secondary N) is 1. The minimum absolute atomic E-state index is 0.00277. The number of nitrogens with zero attached hydrogens (tertiary/aromatic N) is 2. The minimum Gasteiger partial charge on any atom is -0.444 e. The maximum atomic E-state index is 14.6. The Hall–Kier alpha value is -2.20. The Labute approximate surface area is 159 Å². The predicted molar refractivity (Wildman–Crippen MR) is 98.1 cm³/mol. The van der Waals surface area contributed by atoms with Gasteiger partial charge in [-0.1, -0.05) is 11.8 Å². The van der Waals surface area contributed by atoms with Crippen molar-refractivity contribution in [2.45, 2.75) is 38.5 Å². The Balaban J connectivity index is 1.97. The molecule has 0 unspecified atom stereocenters. The molecule has 2 aliphatic heterocycles. The van der Waals surface area contributed by atoms with Crippen LogP contribution in [-0.4, -0.2) is 34.1 Å². The van der Waals surface area contributed by atoms with Crippen molar-refractivity contribution in [2.75, 3.05) is 12.4 Å². The van der Waals surface area contributed by atoms with Gasteiger partial charge in [0, 0.05) is 29.4 Å². The molecule has 2 heterocycles. The van der Waals surface area contributed by atoms with Crippen LogP contribution in [0.2, 0.25) is 0 Å². The largest absolute Gasteiger partial charge is 0.444 e. The maximum absolute atomic E-state index is 14.6. The molecule has 1 saturated heterocycles. The van der Waals surface area contributed by atoms with E-state index in [9.17, 15) is 19.3 Å². The second kappa shape index (κ2) is 7.08. The number of carbonyl (C=O) groups excluding carboxylic acids is 1. The fourth-order valence-corrected chi connectivity index (χ4v) is 4.17. The number of nitro groups is 1. The van der Waals surface area contributed by atoms with E-state index in [0.29, 0.717) is 18.8 Å². The van der Waals surface area contributed by atoms with E-state index in [1.807, 2.05) is 0 Å². The molecule has 0 radical (unpaired) electrons. The van der Waals surface area contributed by atoms with E-state index in [2.05, 4.69) is 10.3 Å². The molecule has 0 saturated carbocycles. The second-order valence-corrected chi connectivity index (χ2v) is 8.32.